The number of nitrogens with one attached hydrogen (secondary N) is 4. The Balaban J connectivity index is 1.74. The Morgan fingerprint density at radius 3 is 2.32 bits per heavy atom. The topological polar surface area (TPSA) is 166 Å². The van der Waals surface area contributed by atoms with E-state index in [0.717, 1.165) is 12.8 Å². The molecule has 11 nitrogen and oxygen atoms in total. The van der Waals surface area contributed by atoms with Gasteiger partial charge in [-0.15, -0.1) is 0 Å². The molecule has 3 rings (SSSR count). The van der Waals surface area contributed by atoms with Crippen LogP contribution in [-0.2, 0) is 4.79 Å². The summed E-state index contributed by atoms with van der Waals surface area (Å²) in [4.78, 5) is 46.9. The summed E-state index contributed by atoms with van der Waals surface area (Å²) in [5.74, 6) is -0.969. The number of nitrogen functional groups attached to an aromatic ring is 1. The molecule has 1 aromatic carbocycles. The number of anilines is 3. The van der Waals surface area contributed by atoms with E-state index in [9.17, 15) is 14.4 Å². The minimum absolute atomic E-state index is 0.0698. The summed E-state index contributed by atoms with van der Waals surface area (Å²) in [7, 11) is 3.26. The zero-order chi connectivity index (χ0) is 27.8. The van der Waals surface area contributed by atoms with E-state index in [1.165, 1.54) is 23.4 Å². The van der Waals surface area contributed by atoms with Crippen LogP contribution in [0.5, 0.6) is 0 Å². The molecular weight excluding hydrogens is 484 g/mol. The zero-order valence-electron chi connectivity index (χ0n) is 21.8. The van der Waals surface area contributed by atoms with Gasteiger partial charge in [0.1, 0.15) is 11.4 Å². The second-order valence-electron chi connectivity index (χ2n) is 8.84. The molecule has 11 heteroatoms. The molecule has 0 spiro atoms. The Bertz CT molecular complexity index is 1330. The molecule has 3 aromatic rings. The van der Waals surface area contributed by atoms with E-state index in [1.807, 2.05) is 13.8 Å². The highest BCUT2D eigenvalue weighted by Crippen LogP contribution is 2.26. The van der Waals surface area contributed by atoms with Gasteiger partial charge in [0.25, 0.3) is 11.8 Å². The Labute approximate surface area is 221 Å². The molecule has 0 aliphatic carbocycles. The first kappa shape index (κ1) is 27.8. The van der Waals surface area contributed by atoms with Crippen molar-refractivity contribution >= 4 is 40.6 Å². The molecule has 198 valence electrons. The number of nitrogens with two attached hydrogens (primary N) is 1. The third-order valence-corrected chi connectivity index (χ3v) is 5.85. The van der Waals surface area contributed by atoms with Crippen molar-refractivity contribution in [1.82, 2.24) is 20.2 Å². The van der Waals surface area contributed by atoms with Crippen molar-refractivity contribution in [2.75, 3.05) is 30.5 Å². The minimum Gasteiger partial charge on any atom is -0.398 e. The van der Waals surface area contributed by atoms with Gasteiger partial charge in [0.15, 0.2) is 0 Å². The molecule has 0 radical (unpaired) electrons. The van der Waals surface area contributed by atoms with Gasteiger partial charge in [-0.25, -0.2) is 9.78 Å². The first-order valence-corrected chi connectivity index (χ1v) is 12.1. The SMILES string of the molecule is CCC(CC)NC(=O)c1ccc(NC(=O)C(=N)c2cc(-c3cncc(NC(=O)N(C)C)c3)ccc2N)cn1. The van der Waals surface area contributed by atoms with Gasteiger partial charge in [0, 0.05) is 43.1 Å². The van der Waals surface area contributed by atoms with Crippen LogP contribution in [0.2, 0.25) is 0 Å². The van der Waals surface area contributed by atoms with E-state index < -0.39 is 5.91 Å². The second kappa shape index (κ2) is 12.4. The lowest BCUT2D eigenvalue weighted by atomic mass is 10.00. The van der Waals surface area contributed by atoms with Crippen LogP contribution in [0.3, 0.4) is 0 Å². The third-order valence-electron chi connectivity index (χ3n) is 5.85. The largest absolute Gasteiger partial charge is 0.398 e. The van der Waals surface area contributed by atoms with Crippen LogP contribution in [0, 0.1) is 5.41 Å². The highest BCUT2D eigenvalue weighted by atomic mass is 16.2. The normalized spacial score (nSPS) is 10.6. The molecule has 0 atom stereocenters. The fourth-order valence-corrected chi connectivity index (χ4v) is 3.52. The average molecular weight is 517 g/mol. The Morgan fingerprint density at radius 1 is 0.947 bits per heavy atom. The van der Waals surface area contributed by atoms with Gasteiger partial charge in [-0.1, -0.05) is 19.9 Å². The number of rotatable bonds is 9. The van der Waals surface area contributed by atoms with Gasteiger partial charge < -0.3 is 26.6 Å². The molecule has 0 saturated heterocycles. The monoisotopic (exact) mass is 516 g/mol. The van der Waals surface area contributed by atoms with Gasteiger partial charge in [0.05, 0.1) is 23.8 Å². The van der Waals surface area contributed by atoms with Gasteiger partial charge in [-0.2, -0.15) is 0 Å². The zero-order valence-corrected chi connectivity index (χ0v) is 21.8. The number of urea groups is 1. The lowest BCUT2D eigenvalue weighted by Crippen LogP contribution is -2.34. The summed E-state index contributed by atoms with van der Waals surface area (Å²) in [6, 6.07) is 9.55. The summed E-state index contributed by atoms with van der Waals surface area (Å²) in [5.41, 5.74) is 8.63. The first-order chi connectivity index (χ1) is 18.1. The third kappa shape index (κ3) is 6.90. The van der Waals surface area contributed by atoms with Gasteiger partial charge in [-0.3, -0.25) is 20.0 Å². The summed E-state index contributed by atoms with van der Waals surface area (Å²) in [6.45, 7) is 4.00. The number of benzene rings is 1. The molecule has 0 saturated carbocycles. The number of aromatic nitrogens is 2. The van der Waals surface area contributed by atoms with Crippen LogP contribution in [0.1, 0.15) is 42.7 Å². The van der Waals surface area contributed by atoms with Crippen LogP contribution >= 0.6 is 0 Å². The maximum atomic E-state index is 12.8. The van der Waals surface area contributed by atoms with E-state index >= 15 is 0 Å². The smallest absolute Gasteiger partial charge is 0.321 e. The maximum absolute atomic E-state index is 12.8. The number of carbonyl (C=O) groups is 3. The van der Waals surface area contributed by atoms with E-state index in [4.69, 9.17) is 11.1 Å². The molecule has 0 unspecified atom stereocenters. The molecule has 0 fully saturated rings. The lowest BCUT2D eigenvalue weighted by molar-refractivity contribution is -0.110. The average Bonchev–Trinajstić information content (AvgIpc) is 2.91. The van der Waals surface area contributed by atoms with Crippen LogP contribution in [0.25, 0.3) is 11.1 Å². The highest BCUT2D eigenvalue weighted by molar-refractivity contribution is 6.48. The van der Waals surface area contributed by atoms with Crippen LogP contribution < -0.4 is 21.7 Å². The molecule has 0 aliphatic heterocycles. The first-order valence-electron chi connectivity index (χ1n) is 12.1. The van der Waals surface area contributed by atoms with Crippen molar-refractivity contribution in [3.63, 3.8) is 0 Å². The molecule has 2 heterocycles. The standard InChI is InChI=1S/C27H32N8O3/c1-5-18(6-2)32-25(36)23-10-8-19(15-31-23)33-26(37)24(29)21-12-16(7-9-22(21)28)17-11-20(14-30-13-17)34-27(38)35(3)4/h7-15,18,29H,5-6,28H2,1-4H3,(H,32,36)(H,33,37)(H,34,38). The van der Waals surface area contributed by atoms with Gasteiger partial charge in [-0.05, 0) is 48.7 Å². The number of nitrogens with zero attached hydrogens (tertiary/aromatic N) is 3. The van der Waals surface area contributed by atoms with Crippen molar-refractivity contribution in [1.29, 1.82) is 5.41 Å². The molecule has 4 amide bonds. The number of hydrogen-bond acceptors (Lipinski definition) is 7. The Kier molecular flexibility index (Phi) is 9.09. The highest BCUT2D eigenvalue weighted by Gasteiger charge is 2.18. The molecule has 0 bridgehead atoms. The van der Waals surface area contributed by atoms with Crippen molar-refractivity contribution in [2.45, 2.75) is 32.7 Å². The van der Waals surface area contributed by atoms with Crippen molar-refractivity contribution in [2.24, 2.45) is 0 Å². The molecule has 0 aliphatic rings. The fourth-order valence-electron chi connectivity index (χ4n) is 3.52. The summed E-state index contributed by atoms with van der Waals surface area (Å²) in [6.07, 6.45) is 6.13. The van der Waals surface area contributed by atoms with Crippen LogP contribution in [0.15, 0.2) is 55.0 Å². The van der Waals surface area contributed by atoms with Crippen molar-refractivity contribution < 1.29 is 14.4 Å². The number of hydrogen-bond donors (Lipinski definition) is 5. The predicted octanol–water partition coefficient (Wildman–Crippen LogP) is 3.74. The maximum Gasteiger partial charge on any atom is 0.321 e. The Morgan fingerprint density at radius 2 is 1.68 bits per heavy atom. The quantitative estimate of drug-likeness (QED) is 0.215. The van der Waals surface area contributed by atoms with Gasteiger partial charge in [0.2, 0.25) is 0 Å². The van der Waals surface area contributed by atoms with Crippen LogP contribution in [-0.4, -0.2) is 58.6 Å². The van der Waals surface area contributed by atoms with Gasteiger partial charge >= 0.3 is 6.03 Å². The second-order valence-corrected chi connectivity index (χ2v) is 8.84. The van der Waals surface area contributed by atoms with E-state index in [0.29, 0.717) is 22.5 Å². The van der Waals surface area contributed by atoms with E-state index in [-0.39, 0.29) is 40.6 Å². The predicted molar refractivity (Wildman–Crippen MR) is 148 cm³/mol. The number of amides is 4. The summed E-state index contributed by atoms with van der Waals surface area (Å²) < 4.78 is 0. The molecule has 2 aromatic heterocycles. The minimum atomic E-state index is -0.685. The molecule has 6 N–H and O–H groups in total. The van der Waals surface area contributed by atoms with Crippen molar-refractivity contribution in [3.8, 4) is 11.1 Å². The number of carbonyl (C=O) groups excluding carboxylic acids is 3. The lowest BCUT2D eigenvalue weighted by Gasteiger charge is -2.14. The number of pyridine rings is 2. The van der Waals surface area contributed by atoms with Crippen LogP contribution in [0.4, 0.5) is 21.9 Å². The Hall–Kier alpha value is -4.80. The summed E-state index contributed by atoms with van der Waals surface area (Å²) in [5, 5.41) is 16.7. The van der Waals surface area contributed by atoms with E-state index in [1.54, 1.807) is 50.6 Å². The fraction of sp³-hybridized carbons (Fsp3) is 0.259. The molecular formula is C27H32N8O3. The molecule has 38 heavy (non-hydrogen) atoms. The van der Waals surface area contributed by atoms with Crippen molar-refractivity contribution in [3.05, 3.63) is 66.2 Å². The van der Waals surface area contributed by atoms with E-state index in [2.05, 4.69) is 25.9 Å². The summed E-state index contributed by atoms with van der Waals surface area (Å²) >= 11 is 0.